The molecule has 2 saturated heterocycles. The lowest BCUT2D eigenvalue weighted by atomic mass is 9.84. The van der Waals surface area contributed by atoms with Gasteiger partial charge in [-0.2, -0.15) is 13.2 Å². The molecular formula is C12H19F3N2O3. The van der Waals surface area contributed by atoms with E-state index >= 15 is 0 Å². The minimum atomic E-state index is -5.08. The minimum Gasteiger partial charge on any atom is -0.475 e. The van der Waals surface area contributed by atoms with Gasteiger partial charge in [-0.05, 0) is 38.8 Å². The van der Waals surface area contributed by atoms with Crippen LogP contribution in [0.4, 0.5) is 13.2 Å². The molecule has 2 rings (SSSR count). The average molecular weight is 296 g/mol. The summed E-state index contributed by atoms with van der Waals surface area (Å²) < 4.78 is 31.7. The van der Waals surface area contributed by atoms with E-state index in [-0.39, 0.29) is 11.4 Å². The van der Waals surface area contributed by atoms with Crippen LogP contribution in [0.15, 0.2) is 0 Å². The molecule has 0 bridgehead atoms. The maximum Gasteiger partial charge on any atom is 0.490 e. The van der Waals surface area contributed by atoms with E-state index in [2.05, 4.69) is 10.6 Å². The Labute approximate surface area is 114 Å². The van der Waals surface area contributed by atoms with E-state index in [9.17, 15) is 18.0 Å². The zero-order valence-corrected chi connectivity index (χ0v) is 11.1. The third kappa shape index (κ3) is 5.36. The predicted molar refractivity (Wildman–Crippen MR) is 65.1 cm³/mol. The molecule has 2 fully saturated rings. The highest BCUT2D eigenvalue weighted by molar-refractivity contribution is 5.77. The predicted octanol–water partition coefficient (Wildman–Crippen LogP) is 1.43. The van der Waals surface area contributed by atoms with Gasteiger partial charge < -0.3 is 15.7 Å². The molecule has 2 aliphatic heterocycles. The summed E-state index contributed by atoms with van der Waals surface area (Å²) in [6.07, 6.45) is 1.33. The standard InChI is InChI=1S/C10H18N2O.C2HF3O2/c13-9-3-1-2-4-10(12-9)5-7-11-8-6-10;3-2(4,5)1(6)7/h11H,1-8H2,(H,12,13);(H,6,7). The van der Waals surface area contributed by atoms with Crippen LogP contribution >= 0.6 is 0 Å². The second kappa shape index (κ2) is 6.92. The molecule has 0 aromatic carbocycles. The monoisotopic (exact) mass is 296 g/mol. The van der Waals surface area contributed by atoms with Gasteiger partial charge in [0.15, 0.2) is 0 Å². The fraction of sp³-hybridized carbons (Fsp3) is 0.833. The van der Waals surface area contributed by atoms with E-state index in [1.54, 1.807) is 0 Å². The Morgan fingerprint density at radius 3 is 2.20 bits per heavy atom. The molecule has 0 unspecified atom stereocenters. The molecule has 0 aromatic heterocycles. The summed E-state index contributed by atoms with van der Waals surface area (Å²) in [5, 5.41) is 13.7. The molecule has 0 atom stereocenters. The fourth-order valence-electron chi connectivity index (χ4n) is 2.45. The first-order valence-corrected chi connectivity index (χ1v) is 6.57. The summed E-state index contributed by atoms with van der Waals surface area (Å²) in [6.45, 7) is 2.11. The van der Waals surface area contributed by atoms with Crippen molar-refractivity contribution in [2.45, 2.75) is 50.2 Å². The Hall–Kier alpha value is -1.31. The molecule has 5 nitrogen and oxygen atoms in total. The lowest BCUT2D eigenvalue weighted by molar-refractivity contribution is -0.192. The van der Waals surface area contributed by atoms with Crippen molar-refractivity contribution < 1.29 is 27.9 Å². The van der Waals surface area contributed by atoms with Crippen LogP contribution in [0.5, 0.6) is 0 Å². The Morgan fingerprint density at radius 2 is 1.70 bits per heavy atom. The van der Waals surface area contributed by atoms with Crippen molar-refractivity contribution in [2.75, 3.05) is 13.1 Å². The van der Waals surface area contributed by atoms with Crippen LogP contribution < -0.4 is 10.6 Å². The van der Waals surface area contributed by atoms with Crippen LogP contribution in [0, 0.1) is 0 Å². The molecule has 0 radical (unpaired) electrons. The van der Waals surface area contributed by atoms with Crippen molar-refractivity contribution in [1.29, 1.82) is 0 Å². The van der Waals surface area contributed by atoms with E-state index in [0.29, 0.717) is 0 Å². The van der Waals surface area contributed by atoms with Crippen LogP contribution in [0.1, 0.15) is 38.5 Å². The topological polar surface area (TPSA) is 78.4 Å². The maximum absolute atomic E-state index is 11.4. The van der Waals surface area contributed by atoms with Crippen molar-refractivity contribution in [3.63, 3.8) is 0 Å². The van der Waals surface area contributed by atoms with E-state index < -0.39 is 12.1 Å². The first-order valence-electron chi connectivity index (χ1n) is 6.57. The number of nitrogens with one attached hydrogen (secondary N) is 2. The van der Waals surface area contributed by atoms with Crippen molar-refractivity contribution in [3.05, 3.63) is 0 Å². The number of carbonyl (C=O) groups is 2. The van der Waals surface area contributed by atoms with E-state index in [0.717, 1.165) is 38.8 Å². The van der Waals surface area contributed by atoms with Gasteiger partial charge in [0.2, 0.25) is 5.91 Å². The number of carbonyl (C=O) groups excluding carboxylic acids is 1. The van der Waals surface area contributed by atoms with Crippen LogP contribution in [0.25, 0.3) is 0 Å². The Kier molecular flexibility index (Phi) is 5.79. The average Bonchev–Trinajstić information content (AvgIpc) is 2.52. The van der Waals surface area contributed by atoms with Gasteiger partial charge in [-0.3, -0.25) is 4.79 Å². The Morgan fingerprint density at radius 1 is 1.15 bits per heavy atom. The first-order chi connectivity index (χ1) is 9.25. The number of alkyl halides is 3. The summed E-state index contributed by atoms with van der Waals surface area (Å²) in [4.78, 5) is 20.3. The molecule has 2 heterocycles. The molecule has 3 N–H and O–H groups in total. The quantitative estimate of drug-likeness (QED) is 0.632. The Balaban J connectivity index is 0.000000246. The zero-order chi connectivity index (χ0) is 15.2. The second-order valence-electron chi connectivity index (χ2n) is 5.09. The van der Waals surface area contributed by atoms with Crippen LogP contribution in [0.2, 0.25) is 0 Å². The number of halogens is 3. The molecule has 1 amide bonds. The maximum atomic E-state index is 11.4. The summed E-state index contributed by atoms with van der Waals surface area (Å²) in [5.41, 5.74) is 0.152. The number of carboxylic acids is 1. The van der Waals surface area contributed by atoms with Gasteiger partial charge in [-0.25, -0.2) is 4.79 Å². The van der Waals surface area contributed by atoms with Crippen LogP contribution in [-0.2, 0) is 9.59 Å². The highest BCUT2D eigenvalue weighted by Gasteiger charge is 2.38. The SMILES string of the molecule is O=C(O)C(F)(F)F.O=C1CCCCC2(CCNCC2)N1. The van der Waals surface area contributed by atoms with Crippen LogP contribution in [0.3, 0.4) is 0 Å². The van der Waals surface area contributed by atoms with Crippen LogP contribution in [-0.4, -0.2) is 41.8 Å². The number of hydrogen-bond donors (Lipinski definition) is 3. The molecule has 8 heteroatoms. The largest absolute Gasteiger partial charge is 0.490 e. The molecule has 20 heavy (non-hydrogen) atoms. The van der Waals surface area contributed by atoms with E-state index in [4.69, 9.17) is 9.90 Å². The van der Waals surface area contributed by atoms with Crippen molar-refractivity contribution in [3.8, 4) is 0 Å². The third-order valence-corrected chi connectivity index (χ3v) is 3.52. The molecule has 116 valence electrons. The van der Waals surface area contributed by atoms with Gasteiger partial charge in [0.05, 0.1) is 0 Å². The third-order valence-electron chi connectivity index (χ3n) is 3.52. The second-order valence-corrected chi connectivity index (χ2v) is 5.09. The van der Waals surface area contributed by atoms with Crippen molar-refractivity contribution >= 4 is 11.9 Å². The normalized spacial score (nSPS) is 22.2. The number of rotatable bonds is 0. The lowest BCUT2D eigenvalue weighted by Crippen LogP contribution is -2.53. The van der Waals surface area contributed by atoms with E-state index in [1.165, 1.54) is 12.8 Å². The lowest BCUT2D eigenvalue weighted by Gasteiger charge is -2.37. The number of aliphatic carboxylic acids is 1. The van der Waals surface area contributed by atoms with Crippen molar-refractivity contribution in [1.82, 2.24) is 10.6 Å². The molecule has 0 aliphatic carbocycles. The summed E-state index contributed by atoms with van der Waals surface area (Å²) in [7, 11) is 0. The number of carboxylic acid groups (broad SMARTS) is 1. The minimum absolute atomic E-state index is 0.152. The summed E-state index contributed by atoms with van der Waals surface area (Å²) >= 11 is 0. The van der Waals surface area contributed by atoms with Gasteiger partial charge in [0.1, 0.15) is 0 Å². The summed E-state index contributed by atoms with van der Waals surface area (Å²) in [5.74, 6) is -2.49. The molecular weight excluding hydrogens is 277 g/mol. The zero-order valence-electron chi connectivity index (χ0n) is 11.1. The molecule has 0 aromatic rings. The van der Waals surface area contributed by atoms with Gasteiger partial charge >= 0.3 is 12.1 Å². The first kappa shape index (κ1) is 16.7. The highest BCUT2D eigenvalue weighted by Crippen LogP contribution is 2.27. The molecule has 2 aliphatic rings. The van der Waals surface area contributed by atoms with Gasteiger partial charge in [-0.1, -0.05) is 6.42 Å². The fourth-order valence-corrected chi connectivity index (χ4v) is 2.45. The van der Waals surface area contributed by atoms with Crippen molar-refractivity contribution in [2.24, 2.45) is 0 Å². The summed E-state index contributed by atoms with van der Waals surface area (Å²) in [6, 6.07) is 0. The molecule has 1 spiro atoms. The highest BCUT2D eigenvalue weighted by atomic mass is 19.4. The van der Waals surface area contributed by atoms with Gasteiger partial charge in [0.25, 0.3) is 0 Å². The molecule has 0 saturated carbocycles. The number of hydrogen-bond acceptors (Lipinski definition) is 3. The number of piperidine rings is 1. The van der Waals surface area contributed by atoms with E-state index in [1.807, 2.05) is 0 Å². The Bertz CT molecular complexity index is 352. The van der Waals surface area contributed by atoms with Gasteiger partial charge in [0, 0.05) is 12.0 Å². The van der Waals surface area contributed by atoms with Gasteiger partial charge in [-0.15, -0.1) is 0 Å². The smallest absolute Gasteiger partial charge is 0.475 e. The number of amides is 1.